The van der Waals surface area contributed by atoms with Gasteiger partial charge in [0.1, 0.15) is 4.64 Å². The van der Waals surface area contributed by atoms with Gasteiger partial charge in [0.25, 0.3) is 0 Å². The Morgan fingerprint density at radius 1 is 1.50 bits per heavy atom. The van der Waals surface area contributed by atoms with Crippen LogP contribution in [0.1, 0.15) is 30.9 Å². The number of hydrogen-bond donors (Lipinski definition) is 1. The average Bonchev–Trinajstić information content (AvgIpc) is 2.07. The maximum absolute atomic E-state index is 5.17. The Labute approximate surface area is 89.1 Å². The first-order valence-corrected chi connectivity index (χ1v) is 5.18. The van der Waals surface area contributed by atoms with Crippen molar-refractivity contribution in [1.29, 1.82) is 0 Å². The van der Waals surface area contributed by atoms with Crippen LogP contribution >= 0.6 is 12.2 Å². The van der Waals surface area contributed by atoms with E-state index >= 15 is 0 Å². The number of fused-ring (bicyclic) bond motifs is 1. The third-order valence-corrected chi connectivity index (χ3v) is 2.91. The molecule has 0 aromatic carbocycles. The molecular formula is C11H14N2S. The first kappa shape index (κ1) is 9.59. The molecular weight excluding hydrogens is 192 g/mol. The highest BCUT2D eigenvalue weighted by Crippen LogP contribution is 2.29. The molecule has 0 aliphatic heterocycles. The van der Waals surface area contributed by atoms with Crippen LogP contribution in [0, 0.1) is 17.0 Å². The molecule has 1 aromatic rings. The van der Waals surface area contributed by atoms with Gasteiger partial charge >= 0.3 is 0 Å². The molecule has 0 saturated heterocycles. The fourth-order valence-electron chi connectivity index (χ4n) is 1.68. The maximum atomic E-state index is 5.17. The molecule has 2 nitrogen and oxygen atoms in total. The highest BCUT2D eigenvalue weighted by atomic mass is 32.1. The summed E-state index contributed by atoms with van der Waals surface area (Å²) in [6.07, 6.45) is 5.27. The summed E-state index contributed by atoms with van der Waals surface area (Å²) in [7, 11) is 0. The highest BCUT2D eigenvalue weighted by Gasteiger charge is 2.21. The highest BCUT2D eigenvalue weighted by molar-refractivity contribution is 7.71. The molecule has 14 heavy (non-hydrogen) atoms. The summed E-state index contributed by atoms with van der Waals surface area (Å²) in [6, 6.07) is 0. The fourth-order valence-corrected chi connectivity index (χ4v) is 1.85. The van der Waals surface area contributed by atoms with Crippen molar-refractivity contribution in [3.63, 3.8) is 0 Å². The second kappa shape index (κ2) is 3.02. The van der Waals surface area contributed by atoms with E-state index in [4.69, 9.17) is 12.2 Å². The van der Waals surface area contributed by atoms with E-state index in [-0.39, 0.29) is 5.41 Å². The average molecular weight is 206 g/mol. The van der Waals surface area contributed by atoms with E-state index in [2.05, 4.69) is 36.0 Å². The molecule has 3 heteroatoms. The number of allylic oxidation sites excluding steroid dienone is 1. The fraction of sp³-hybridized carbons (Fsp3) is 0.455. The van der Waals surface area contributed by atoms with Crippen molar-refractivity contribution in [2.45, 2.75) is 27.2 Å². The van der Waals surface area contributed by atoms with Crippen LogP contribution in [0.25, 0.3) is 6.08 Å². The lowest BCUT2D eigenvalue weighted by atomic mass is 9.83. The number of aromatic nitrogens is 2. The maximum Gasteiger partial charge on any atom is 0.124 e. The predicted molar refractivity (Wildman–Crippen MR) is 60.7 cm³/mol. The Morgan fingerprint density at radius 3 is 2.93 bits per heavy atom. The van der Waals surface area contributed by atoms with Crippen LogP contribution in [0.4, 0.5) is 0 Å². The summed E-state index contributed by atoms with van der Waals surface area (Å²) in [5.41, 5.74) is 3.31. The molecule has 0 unspecified atom stereocenters. The monoisotopic (exact) mass is 206 g/mol. The lowest BCUT2D eigenvalue weighted by molar-refractivity contribution is 0.465. The first-order valence-electron chi connectivity index (χ1n) is 4.77. The van der Waals surface area contributed by atoms with E-state index < -0.39 is 0 Å². The Bertz CT molecular complexity index is 455. The molecule has 0 bridgehead atoms. The van der Waals surface area contributed by atoms with E-state index in [1.54, 1.807) is 0 Å². The van der Waals surface area contributed by atoms with Gasteiger partial charge in [-0.25, -0.2) is 4.98 Å². The van der Waals surface area contributed by atoms with Crippen LogP contribution in [0.15, 0.2) is 6.08 Å². The first-order chi connectivity index (χ1) is 6.48. The number of nitrogens with zero attached hydrogens (tertiary/aromatic N) is 1. The Morgan fingerprint density at radius 2 is 2.21 bits per heavy atom. The predicted octanol–water partition coefficient (Wildman–Crippen LogP) is 3.04. The lowest BCUT2D eigenvalue weighted by Crippen LogP contribution is -2.18. The summed E-state index contributed by atoms with van der Waals surface area (Å²) in [4.78, 5) is 7.71. The van der Waals surface area contributed by atoms with Crippen molar-refractivity contribution in [1.82, 2.24) is 9.97 Å². The quantitative estimate of drug-likeness (QED) is 0.661. The largest absolute Gasteiger partial charge is 0.347 e. The van der Waals surface area contributed by atoms with E-state index in [9.17, 15) is 0 Å². The Hall–Kier alpha value is -0.960. The van der Waals surface area contributed by atoms with E-state index in [0.29, 0.717) is 0 Å². The van der Waals surface area contributed by atoms with Crippen LogP contribution in [-0.2, 0) is 6.42 Å². The lowest BCUT2D eigenvalue weighted by Gasteiger charge is -2.25. The third kappa shape index (κ3) is 1.64. The molecule has 0 amide bonds. The Balaban J connectivity index is 2.58. The van der Waals surface area contributed by atoms with Gasteiger partial charge in [-0.1, -0.05) is 32.1 Å². The van der Waals surface area contributed by atoms with Gasteiger partial charge < -0.3 is 4.98 Å². The number of rotatable bonds is 0. The minimum atomic E-state index is 0.211. The zero-order valence-electron chi connectivity index (χ0n) is 8.72. The van der Waals surface area contributed by atoms with E-state index in [0.717, 1.165) is 28.1 Å². The van der Waals surface area contributed by atoms with Crippen molar-refractivity contribution >= 4 is 18.3 Å². The zero-order valence-corrected chi connectivity index (χ0v) is 9.53. The van der Waals surface area contributed by atoms with Crippen LogP contribution < -0.4 is 0 Å². The second-order valence-electron chi connectivity index (χ2n) is 4.51. The summed E-state index contributed by atoms with van der Waals surface area (Å²) >= 11 is 5.17. The molecule has 1 aliphatic carbocycles. The van der Waals surface area contributed by atoms with Crippen LogP contribution in [0.5, 0.6) is 0 Å². The van der Waals surface area contributed by atoms with Gasteiger partial charge in [-0.15, -0.1) is 0 Å². The van der Waals surface area contributed by atoms with Crippen molar-refractivity contribution in [3.05, 3.63) is 27.8 Å². The van der Waals surface area contributed by atoms with Crippen molar-refractivity contribution < 1.29 is 0 Å². The number of hydrogen-bond acceptors (Lipinski definition) is 2. The van der Waals surface area contributed by atoms with Crippen LogP contribution in [0.2, 0.25) is 0 Å². The normalized spacial score (nSPS) is 17.9. The molecule has 1 aromatic heterocycles. The number of H-pyrrole nitrogens is 1. The van der Waals surface area contributed by atoms with Crippen molar-refractivity contribution in [2.24, 2.45) is 5.41 Å². The van der Waals surface area contributed by atoms with Gasteiger partial charge in [0.15, 0.2) is 0 Å². The molecule has 0 fully saturated rings. The van der Waals surface area contributed by atoms with Crippen LogP contribution in [0.3, 0.4) is 0 Å². The minimum absolute atomic E-state index is 0.211. The molecule has 0 radical (unpaired) electrons. The molecule has 0 atom stereocenters. The smallest absolute Gasteiger partial charge is 0.124 e. The molecule has 1 heterocycles. The van der Waals surface area contributed by atoms with Crippen molar-refractivity contribution in [3.8, 4) is 0 Å². The number of aryl methyl sites for hydroxylation is 1. The molecule has 0 saturated carbocycles. The molecule has 1 aliphatic rings. The summed E-state index contributed by atoms with van der Waals surface area (Å²) < 4.78 is 0.759. The summed E-state index contributed by atoms with van der Waals surface area (Å²) in [5, 5.41) is 0. The third-order valence-electron chi connectivity index (χ3n) is 2.52. The second-order valence-corrected chi connectivity index (χ2v) is 4.92. The molecule has 0 spiro atoms. The Kier molecular flexibility index (Phi) is 2.07. The molecule has 74 valence electrons. The minimum Gasteiger partial charge on any atom is -0.347 e. The van der Waals surface area contributed by atoms with E-state index in [1.165, 1.54) is 0 Å². The SMILES string of the molecule is Cc1nc2c([nH]c1=S)CC(C)(C)C=C2. The zero-order chi connectivity index (χ0) is 10.3. The van der Waals surface area contributed by atoms with E-state index in [1.807, 2.05) is 6.92 Å². The number of nitrogens with one attached hydrogen (secondary N) is 1. The number of aromatic amines is 1. The van der Waals surface area contributed by atoms with Crippen LogP contribution in [-0.4, -0.2) is 9.97 Å². The van der Waals surface area contributed by atoms with Gasteiger partial charge in [-0.2, -0.15) is 0 Å². The van der Waals surface area contributed by atoms with Gasteiger partial charge in [-0.05, 0) is 24.8 Å². The molecule has 1 N–H and O–H groups in total. The summed E-state index contributed by atoms with van der Waals surface area (Å²) in [5.74, 6) is 0. The van der Waals surface area contributed by atoms with Gasteiger partial charge in [0.2, 0.25) is 0 Å². The van der Waals surface area contributed by atoms with Gasteiger partial charge in [-0.3, -0.25) is 0 Å². The topological polar surface area (TPSA) is 28.7 Å². The van der Waals surface area contributed by atoms with Gasteiger partial charge in [0.05, 0.1) is 11.4 Å². The summed E-state index contributed by atoms with van der Waals surface area (Å²) in [6.45, 7) is 6.36. The standard InChI is InChI=1S/C11H14N2S/c1-7-10(14)13-9-6-11(2,3)5-4-8(9)12-7/h4-5H,6H2,1-3H3,(H,13,14). The van der Waals surface area contributed by atoms with Crippen molar-refractivity contribution in [2.75, 3.05) is 0 Å². The van der Waals surface area contributed by atoms with Gasteiger partial charge in [0, 0.05) is 5.69 Å². The molecule has 2 rings (SSSR count).